The number of anilines is 1. The molecule has 4 nitrogen and oxygen atoms in total. The van der Waals surface area contributed by atoms with Gasteiger partial charge in [-0.05, 0) is 59.2 Å². The number of ether oxygens (including phenoxy) is 1. The van der Waals surface area contributed by atoms with E-state index >= 15 is 0 Å². The van der Waals surface area contributed by atoms with E-state index in [1.54, 1.807) is 0 Å². The predicted octanol–water partition coefficient (Wildman–Crippen LogP) is 4.13. The molecule has 0 radical (unpaired) electrons. The summed E-state index contributed by atoms with van der Waals surface area (Å²) in [6.45, 7) is -0.213. The summed E-state index contributed by atoms with van der Waals surface area (Å²) in [7, 11) is 0. The minimum atomic E-state index is -0.299. The highest BCUT2D eigenvalue weighted by Gasteiger charge is 2.16. The molecule has 5 heteroatoms. The van der Waals surface area contributed by atoms with E-state index in [0.717, 1.165) is 9.99 Å². The van der Waals surface area contributed by atoms with Crippen LogP contribution in [0.5, 0.6) is 0 Å². The lowest BCUT2D eigenvalue weighted by Crippen LogP contribution is -2.21. The standard InChI is InChI=1S/C17H22INO3/c18-14-7-9-15(10-8-14)19-16(20)12-22-17(21)11-6-13-4-2-1-3-5-13/h7-10,13H,1-6,11-12H2,(H,19,20). The summed E-state index contributed by atoms with van der Waals surface area (Å²) in [4.78, 5) is 23.4. The second-order valence-electron chi connectivity index (χ2n) is 5.76. The number of rotatable bonds is 6. The van der Waals surface area contributed by atoms with E-state index in [1.807, 2.05) is 24.3 Å². The summed E-state index contributed by atoms with van der Waals surface area (Å²) in [6.07, 6.45) is 7.62. The number of benzene rings is 1. The van der Waals surface area contributed by atoms with E-state index in [-0.39, 0.29) is 18.5 Å². The van der Waals surface area contributed by atoms with Gasteiger partial charge in [0.25, 0.3) is 5.91 Å². The molecule has 1 aromatic rings. The van der Waals surface area contributed by atoms with Crippen LogP contribution in [-0.4, -0.2) is 18.5 Å². The Balaban J connectivity index is 1.62. The molecule has 0 bridgehead atoms. The first kappa shape index (κ1) is 17.2. The SMILES string of the molecule is O=C(COC(=O)CCC1CCCCC1)Nc1ccc(I)cc1. The van der Waals surface area contributed by atoms with Gasteiger partial charge < -0.3 is 10.1 Å². The van der Waals surface area contributed by atoms with Gasteiger partial charge in [-0.1, -0.05) is 32.1 Å². The van der Waals surface area contributed by atoms with Crippen LogP contribution in [0.15, 0.2) is 24.3 Å². The minimum Gasteiger partial charge on any atom is -0.456 e. The molecule has 2 rings (SSSR count). The molecule has 1 aromatic carbocycles. The molecule has 1 saturated carbocycles. The van der Waals surface area contributed by atoms with Gasteiger partial charge in [0, 0.05) is 15.7 Å². The zero-order chi connectivity index (χ0) is 15.8. The van der Waals surface area contributed by atoms with E-state index < -0.39 is 0 Å². The molecule has 0 unspecified atom stereocenters. The lowest BCUT2D eigenvalue weighted by atomic mass is 9.86. The minimum absolute atomic E-state index is 0.213. The van der Waals surface area contributed by atoms with Crippen molar-refractivity contribution in [2.75, 3.05) is 11.9 Å². The monoisotopic (exact) mass is 415 g/mol. The molecule has 1 aliphatic carbocycles. The second-order valence-corrected chi connectivity index (χ2v) is 7.00. The molecule has 120 valence electrons. The second kappa shape index (κ2) is 9.12. The number of halogens is 1. The summed E-state index contributed by atoms with van der Waals surface area (Å²) in [5.74, 6) is 0.0810. The maximum absolute atomic E-state index is 11.7. The fraction of sp³-hybridized carbons (Fsp3) is 0.529. The van der Waals surface area contributed by atoms with E-state index in [4.69, 9.17) is 4.74 Å². The number of hydrogen-bond acceptors (Lipinski definition) is 3. The third-order valence-electron chi connectivity index (χ3n) is 3.97. The Hall–Kier alpha value is -1.11. The fourth-order valence-corrected chi connectivity index (χ4v) is 3.11. The first-order chi connectivity index (χ1) is 10.6. The number of carbonyl (C=O) groups is 2. The molecule has 0 heterocycles. The van der Waals surface area contributed by atoms with Gasteiger partial charge in [-0.2, -0.15) is 0 Å². The number of hydrogen-bond donors (Lipinski definition) is 1. The maximum atomic E-state index is 11.7. The molecular formula is C17H22INO3. The Morgan fingerprint density at radius 3 is 2.50 bits per heavy atom. The molecule has 22 heavy (non-hydrogen) atoms. The molecule has 0 aromatic heterocycles. The van der Waals surface area contributed by atoms with Crippen LogP contribution in [0.4, 0.5) is 5.69 Å². The number of carbonyl (C=O) groups excluding carboxylic acids is 2. The largest absolute Gasteiger partial charge is 0.456 e. The number of esters is 1. The highest BCUT2D eigenvalue weighted by molar-refractivity contribution is 14.1. The smallest absolute Gasteiger partial charge is 0.306 e. The molecule has 0 atom stereocenters. The molecule has 1 aliphatic rings. The topological polar surface area (TPSA) is 55.4 Å². The zero-order valence-corrected chi connectivity index (χ0v) is 14.8. The highest BCUT2D eigenvalue weighted by Crippen LogP contribution is 2.27. The van der Waals surface area contributed by atoms with Crippen molar-refractivity contribution in [3.05, 3.63) is 27.8 Å². The maximum Gasteiger partial charge on any atom is 0.306 e. The van der Waals surface area contributed by atoms with E-state index in [9.17, 15) is 9.59 Å². The van der Waals surface area contributed by atoms with Crippen molar-refractivity contribution in [2.24, 2.45) is 5.92 Å². The quantitative estimate of drug-likeness (QED) is 0.562. The normalized spacial score (nSPS) is 15.3. The number of amides is 1. The van der Waals surface area contributed by atoms with Crippen LogP contribution in [0.25, 0.3) is 0 Å². The Bertz CT molecular complexity index is 495. The van der Waals surface area contributed by atoms with Crippen molar-refractivity contribution in [1.82, 2.24) is 0 Å². The average Bonchev–Trinajstić information content (AvgIpc) is 2.54. The lowest BCUT2D eigenvalue weighted by Gasteiger charge is -2.20. The molecule has 0 aliphatic heterocycles. The van der Waals surface area contributed by atoms with Crippen LogP contribution >= 0.6 is 22.6 Å². The average molecular weight is 415 g/mol. The van der Waals surface area contributed by atoms with Crippen molar-refractivity contribution in [3.8, 4) is 0 Å². The van der Waals surface area contributed by atoms with Gasteiger partial charge in [0.05, 0.1) is 0 Å². The third kappa shape index (κ3) is 6.34. The molecule has 0 saturated heterocycles. The lowest BCUT2D eigenvalue weighted by molar-refractivity contribution is -0.147. The van der Waals surface area contributed by atoms with Crippen LogP contribution in [-0.2, 0) is 14.3 Å². The van der Waals surface area contributed by atoms with Crippen molar-refractivity contribution < 1.29 is 14.3 Å². The number of nitrogens with one attached hydrogen (secondary N) is 1. The Morgan fingerprint density at radius 1 is 1.14 bits per heavy atom. The Morgan fingerprint density at radius 2 is 1.82 bits per heavy atom. The molecule has 1 N–H and O–H groups in total. The first-order valence-corrected chi connectivity index (χ1v) is 8.92. The van der Waals surface area contributed by atoms with Gasteiger partial charge in [0.1, 0.15) is 0 Å². The summed E-state index contributed by atoms with van der Waals surface area (Å²) in [5.41, 5.74) is 0.712. The van der Waals surface area contributed by atoms with E-state index in [0.29, 0.717) is 18.0 Å². The van der Waals surface area contributed by atoms with Crippen molar-refractivity contribution >= 4 is 40.2 Å². The van der Waals surface area contributed by atoms with Gasteiger partial charge in [-0.15, -0.1) is 0 Å². The summed E-state index contributed by atoms with van der Waals surface area (Å²) in [5, 5.41) is 2.71. The van der Waals surface area contributed by atoms with Crippen molar-refractivity contribution in [3.63, 3.8) is 0 Å². The fourth-order valence-electron chi connectivity index (χ4n) is 2.75. The molecule has 1 amide bonds. The van der Waals surface area contributed by atoms with Gasteiger partial charge in [-0.25, -0.2) is 0 Å². The summed E-state index contributed by atoms with van der Waals surface area (Å²) in [6, 6.07) is 7.47. The van der Waals surface area contributed by atoms with Gasteiger partial charge in [0.2, 0.25) is 0 Å². The summed E-state index contributed by atoms with van der Waals surface area (Å²) >= 11 is 2.20. The molecular weight excluding hydrogens is 393 g/mol. The van der Waals surface area contributed by atoms with Crippen LogP contribution in [0.2, 0.25) is 0 Å². The Kier molecular flexibility index (Phi) is 7.15. The highest BCUT2D eigenvalue weighted by atomic mass is 127. The molecule has 0 spiro atoms. The van der Waals surface area contributed by atoms with Crippen LogP contribution < -0.4 is 5.32 Å². The van der Waals surface area contributed by atoms with E-state index in [2.05, 4.69) is 27.9 Å². The molecule has 1 fully saturated rings. The van der Waals surface area contributed by atoms with Gasteiger partial charge >= 0.3 is 5.97 Å². The zero-order valence-electron chi connectivity index (χ0n) is 12.6. The van der Waals surface area contributed by atoms with Crippen molar-refractivity contribution in [1.29, 1.82) is 0 Å². The van der Waals surface area contributed by atoms with Crippen LogP contribution in [0.1, 0.15) is 44.9 Å². The van der Waals surface area contributed by atoms with Crippen LogP contribution in [0.3, 0.4) is 0 Å². The Labute approximate surface area is 145 Å². The van der Waals surface area contributed by atoms with Crippen LogP contribution in [0, 0.1) is 9.49 Å². The van der Waals surface area contributed by atoms with E-state index in [1.165, 1.54) is 32.1 Å². The van der Waals surface area contributed by atoms with Gasteiger partial charge in [-0.3, -0.25) is 9.59 Å². The third-order valence-corrected chi connectivity index (χ3v) is 4.69. The predicted molar refractivity (Wildman–Crippen MR) is 94.6 cm³/mol. The first-order valence-electron chi connectivity index (χ1n) is 7.84. The van der Waals surface area contributed by atoms with Gasteiger partial charge in [0.15, 0.2) is 6.61 Å². The summed E-state index contributed by atoms with van der Waals surface area (Å²) < 4.78 is 6.14. The van der Waals surface area contributed by atoms with Crippen molar-refractivity contribution in [2.45, 2.75) is 44.9 Å².